The van der Waals surface area contributed by atoms with E-state index in [2.05, 4.69) is 15.1 Å². The van der Waals surface area contributed by atoms with Gasteiger partial charge in [0.2, 0.25) is 5.91 Å². The summed E-state index contributed by atoms with van der Waals surface area (Å²) in [5.74, 6) is -0.372. The SMILES string of the molecule is Cc1ncc(-c2ccc([N+](=O)[O-])c(CC(=O)N3Cc4cnn(CC(F)F)c4C3)n2)s1. The maximum Gasteiger partial charge on any atom is 0.291 e. The molecule has 0 fully saturated rings. The second-order valence-corrected chi connectivity index (χ2v) is 8.01. The van der Waals surface area contributed by atoms with Crippen LogP contribution in [0.3, 0.4) is 0 Å². The Labute approximate surface area is 173 Å². The molecule has 0 N–H and O–H groups in total. The molecule has 12 heteroatoms. The first-order chi connectivity index (χ1) is 14.3. The van der Waals surface area contributed by atoms with Crippen LogP contribution in [0, 0.1) is 17.0 Å². The molecule has 3 aromatic heterocycles. The fourth-order valence-electron chi connectivity index (χ4n) is 3.33. The highest BCUT2D eigenvalue weighted by Gasteiger charge is 2.30. The third kappa shape index (κ3) is 3.90. The lowest BCUT2D eigenvalue weighted by Crippen LogP contribution is -2.28. The van der Waals surface area contributed by atoms with Crippen molar-refractivity contribution in [3.8, 4) is 10.6 Å². The molecule has 0 saturated heterocycles. The van der Waals surface area contributed by atoms with Crippen LogP contribution in [0.5, 0.6) is 0 Å². The number of carbonyl (C=O) groups excluding carboxylic acids is 1. The van der Waals surface area contributed by atoms with Crippen molar-refractivity contribution in [2.45, 2.75) is 39.4 Å². The highest BCUT2D eigenvalue weighted by atomic mass is 32.1. The van der Waals surface area contributed by atoms with Crippen LogP contribution in [-0.4, -0.2) is 41.9 Å². The topological polar surface area (TPSA) is 107 Å². The number of pyridine rings is 1. The molecule has 0 spiro atoms. The average Bonchev–Trinajstić information content (AvgIpc) is 3.38. The summed E-state index contributed by atoms with van der Waals surface area (Å²) in [7, 11) is 0. The summed E-state index contributed by atoms with van der Waals surface area (Å²) >= 11 is 1.40. The maximum atomic E-state index is 12.8. The summed E-state index contributed by atoms with van der Waals surface area (Å²) in [6, 6.07) is 2.86. The molecule has 0 unspecified atom stereocenters. The van der Waals surface area contributed by atoms with Gasteiger partial charge >= 0.3 is 0 Å². The van der Waals surface area contributed by atoms with Crippen molar-refractivity contribution in [1.82, 2.24) is 24.6 Å². The maximum absolute atomic E-state index is 12.8. The second-order valence-electron chi connectivity index (χ2n) is 6.78. The molecule has 0 aliphatic carbocycles. The van der Waals surface area contributed by atoms with E-state index >= 15 is 0 Å². The highest BCUT2D eigenvalue weighted by molar-refractivity contribution is 7.15. The Hall–Kier alpha value is -3.28. The fraction of sp³-hybridized carbons (Fsp3) is 0.333. The molecular formula is C18H16F2N6O3S. The monoisotopic (exact) mass is 434 g/mol. The van der Waals surface area contributed by atoms with Crippen molar-refractivity contribution >= 4 is 22.9 Å². The summed E-state index contributed by atoms with van der Waals surface area (Å²) < 4.78 is 26.6. The minimum Gasteiger partial charge on any atom is -0.332 e. The van der Waals surface area contributed by atoms with E-state index in [-0.39, 0.29) is 36.8 Å². The van der Waals surface area contributed by atoms with Crippen LogP contribution < -0.4 is 0 Å². The number of amides is 1. The molecule has 0 bridgehead atoms. The van der Waals surface area contributed by atoms with Crippen molar-refractivity contribution in [2.75, 3.05) is 0 Å². The van der Waals surface area contributed by atoms with E-state index in [0.717, 1.165) is 9.88 Å². The third-order valence-electron chi connectivity index (χ3n) is 4.74. The molecule has 4 heterocycles. The van der Waals surface area contributed by atoms with Gasteiger partial charge < -0.3 is 4.90 Å². The number of thiazole rings is 1. The van der Waals surface area contributed by atoms with E-state index in [4.69, 9.17) is 0 Å². The molecule has 30 heavy (non-hydrogen) atoms. The van der Waals surface area contributed by atoms with Gasteiger partial charge in [-0.25, -0.2) is 18.7 Å². The Morgan fingerprint density at radius 2 is 2.13 bits per heavy atom. The number of fused-ring (bicyclic) bond motifs is 1. The van der Waals surface area contributed by atoms with Crippen molar-refractivity contribution in [2.24, 2.45) is 0 Å². The number of rotatable bonds is 6. The lowest BCUT2D eigenvalue weighted by Gasteiger charge is -2.16. The van der Waals surface area contributed by atoms with Gasteiger partial charge in [0.05, 0.1) is 45.4 Å². The molecule has 0 radical (unpaired) electrons. The Morgan fingerprint density at radius 1 is 1.33 bits per heavy atom. The Morgan fingerprint density at radius 3 is 2.80 bits per heavy atom. The number of aryl methyl sites for hydroxylation is 1. The van der Waals surface area contributed by atoms with Crippen LogP contribution >= 0.6 is 11.3 Å². The Bertz CT molecular complexity index is 1130. The van der Waals surface area contributed by atoms with Gasteiger partial charge in [-0.3, -0.25) is 19.6 Å². The molecule has 1 amide bonds. The quantitative estimate of drug-likeness (QED) is 0.436. The molecule has 3 aromatic rings. The minimum absolute atomic E-state index is 0.0544. The number of hydrogen-bond acceptors (Lipinski definition) is 7. The molecule has 1 aliphatic rings. The summed E-state index contributed by atoms with van der Waals surface area (Å²) in [5, 5.41) is 16.2. The first kappa shape index (κ1) is 20.0. The third-order valence-corrected chi connectivity index (χ3v) is 5.68. The van der Waals surface area contributed by atoms with E-state index in [0.29, 0.717) is 17.0 Å². The van der Waals surface area contributed by atoms with Gasteiger partial charge in [0.25, 0.3) is 12.1 Å². The van der Waals surface area contributed by atoms with Gasteiger partial charge in [0.15, 0.2) is 0 Å². The van der Waals surface area contributed by atoms with Crippen molar-refractivity contribution in [1.29, 1.82) is 0 Å². The van der Waals surface area contributed by atoms with Crippen LogP contribution in [0.4, 0.5) is 14.5 Å². The normalized spacial score (nSPS) is 13.1. The van der Waals surface area contributed by atoms with E-state index in [1.807, 2.05) is 6.92 Å². The predicted octanol–water partition coefficient (Wildman–Crippen LogP) is 2.97. The molecule has 1 aliphatic heterocycles. The molecular weight excluding hydrogens is 418 g/mol. The molecule has 0 aromatic carbocycles. The van der Waals surface area contributed by atoms with E-state index in [9.17, 15) is 23.7 Å². The molecule has 156 valence electrons. The number of aromatic nitrogens is 4. The van der Waals surface area contributed by atoms with Gasteiger partial charge in [0.1, 0.15) is 12.2 Å². The predicted molar refractivity (Wildman–Crippen MR) is 103 cm³/mol. The fourth-order valence-corrected chi connectivity index (χ4v) is 4.08. The summed E-state index contributed by atoms with van der Waals surface area (Å²) in [6.45, 7) is 1.65. The number of hydrogen-bond donors (Lipinski definition) is 0. The first-order valence-electron chi connectivity index (χ1n) is 8.98. The summed E-state index contributed by atoms with van der Waals surface area (Å²) in [5.41, 5.74) is 1.57. The lowest BCUT2D eigenvalue weighted by atomic mass is 10.2. The Kier molecular flexibility index (Phi) is 5.24. The molecule has 0 atom stereocenters. The summed E-state index contributed by atoms with van der Waals surface area (Å²) in [6.07, 6.45) is 0.280. The van der Waals surface area contributed by atoms with Gasteiger partial charge in [-0.1, -0.05) is 0 Å². The number of nitrogens with zero attached hydrogens (tertiary/aromatic N) is 6. The molecule has 0 saturated carbocycles. The van der Waals surface area contributed by atoms with E-state index in [1.165, 1.54) is 39.2 Å². The van der Waals surface area contributed by atoms with Gasteiger partial charge in [-0.15, -0.1) is 11.3 Å². The lowest BCUT2D eigenvalue weighted by molar-refractivity contribution is -0.385. The number of halogens is 2. The number of alkyl halides is 2. The van der Waals surface area contributed by atoms with Crippen LogP contribution in [0.2, 0.25) is 0 Å². The van der Waals surface area contributed by atoms with Gasteiger partial charge in [-0.2, -0.15) is 5.10 Å². The average molecular weight is 434 g/mol. The zero-order valence-electron chi connectivity index (χ0n) is 15.8. The Balaban J connectivity index is 1.55. The van der Waals surface area contributed by atoms with Crippen LogP contribution in [0.15, 0.2) is 24.5 Å². The molecule has 4 rings (SSSR count). The standard InChI is InChI=1S/C18H16F2N6O3S/c1-10-21-6-16(30-10)12-2-3-14(26(28)29)13(23-12)4-18(27)24-7-11-5-22-25(9-17(19)20)15(11)8-24/h2-3,5-6,17H,4,7-9H2,1H3. The second kappa shape index (κ2) is 7.86. The van der Waals surface area contributed by atoms with Crippen molar-refractivity contribution in [3.05, 3.63) is 56.6 Å². The smallest absolute Gasteiger partial charge is 0.291 e. The van der Waals surface area contributed by atoms with Crippen LogP contribution in [-0.2, 0) is 30.8 Å². The zero-order valence-corrected chi connectivity index (χ0v) is 16.6. The van der Waals surface area contributed by atoms with Gasteiger partial charge in [0, 0.05) is 24.4 Å². The largest absolute Gasteiger partial charge is 0.332 e. The van der Waals surface area contributed by atoms with E-state index < -0.39 is 17.9 Å². The number of carbonyl (C=O) groups is 1. The minimum atomic E-state index is -2.55. The highest BCUT2D eigenvalue weighted by Crippen LogP contribution is 2.29. The summed E-state index contributed by atoms with van der Waals surface area (Å²) in [4.78, 5) is 34.4. The van der Waals surface area contributed by atoms with Gasteiger partial charge in [-0.05, 0) is 13.0 Å². The van der Waals surface area contributed by atoms with Crippen molar-refractivity contribution in [3.63, 3.8) is 0 Å². The first-order valence-corrected chi connectivity index (χ1v) is 9.80. The van der Waals surface area contributed by atoms with Crippen LogP contribution in [0.25, 0.3) is 10.6 Å². The van der Waals surface area contributed by atoms with Crippen molar-refractivity contribution < 1.29 is 18.5 Å². The number of nitro groups is 1. The van der Waals surface area contributed by atoms with E-state index in [1.54, 1.807) is 6.20 Å². The zero-order chi connectivity index (χ0) is 21.4. The molecule has 9 nitrogen and oxygen atoms in total. The van der Waals surface area contributed by atoms with Crippen LogP contribution in [0.1, 0.15) is 22.0 Å².